The number of rotatable bonds is 3. The highest BCUT2D eigenvalue weighted by Crippen LogP contribution is 2.25. The lowest BCUT2D eigenvalue weighted by molar-refractivity contribution is -0.132. The number of aromatic nitrogens is 2. The van der Waals surface area contributed by atoms with E-state index < -0.39 is 5.97 Å². The van der Waals surface area contributed by atoms with Gasteiger partial charge in [-0.25, -0.2) is 0 Å². The van der Waals surface area contributed by atoms with E-state index in [2.05, 4.69) is 9.97 Å². The van der Waals surface area contributed by atoms with Crippen molar-refractivity contribution in [2.75, 3.05) is 0 Å². The van der Waals surface area contributed by atoms with Gasteiger partial charge in [-0.05, 0) is 6.07 Å². The summed E-state index contributed by atoms with van der Waals surface area (Å²) >= 11 is 0. The van der Waals surface area contributed by atoms with Gasteiger partial charge in [-0.2, -0.15) is 9.97 Å². The molecule has 0 spiro atoms. The van der Waals surface area contributed by atoms with Crippen LogP contribution in [0, 0.1) is 0 Å². The summed E-state index contributed by atoms with van der Waals surface area (Å²) in [5.74, 6) is -0.441. The average molecular weight is 290 g/mol. The zero-order valence-corrected chi connectivity index (χ0v) is 12.1. The maximum absolute atomic E-state index is 11.2. The van der Waals surface area contributed by atoms with E-state index in [1.807, 2.05) is 66.7 Å². The second-order valence-corrected chi connectivity index (χ2v) is 4.75. The molecule has 1 heterocycles. The molecule has 0 aliphatic heterocycles. The van der Waals surface area contributed by atoms with Gasteiger partial charge in [0.1, 0.15) is 0 Å². The van der Waals surface area contributed by atoms with Gasteiger partial charge >= 0.3 is 12.0 Å². The van der Waals surface area contributed by atoms with Crippen LogP contribution in [0.5, 0.6) is 6.01 Å². The zero-order valence-electron chi connectivity index (χ0n) is 12.1. The molecule has 0 N–H and O–H groups in total. The van der Waals surface area contributed by atoms with Crippen LogP contribution in [0.25, 0.3) is 22.5 Å². The Morgan fingerprint density at radius 2 is 1.27 bits per heavy atom. The first-order chi connectivity index (χ1) is 10.7. The third-order valence-electron chi connectivity index (χ3n) is 3.08. The summed E-state index contributed by atoms with van der Waals surface area (Å²) in [6.07, 6.45) is 0. The number of nitrogens with zero attached hydrogens (tertiary/aromatic N) is 2. The lowest BCUT2D eigenvalue weighted by Gasteiger charge is -2.08. The minimum Gasteiger partial charge on any atom is -0.391 e. The van der Waals surface area contributed by atoms with Crippen molar-refractivity contribution in [3.63, 3.8) is 0 Å². The number of carbonyl (C=O) groups excluding carboxylic acids is 1. The van der Waals surface area contributed by atoms with Gasteiger partial charge in [0.2, 0.25) is 0 Å². The normalized spacial score (nSPS) is 10.2. The highest BCUT2D eigenvalue weighted by atomic mass is 16.5. The quantitative estimate of drug-likeness (QED) is 0.690. The average Bonchev–Trinajstić information content (AvgIpc) is 2.55. The number of carbonyl (C=O) groups is 1. The summed E-state index contributed by atoms with van der Waals surface area (Å²) in [5, 5.41) is 0. The first-order valence-corrected chi connectivity index (χ1v) is 6.91. The maximum atomic E-state index is 11.2. The van der Waals surface area contributed by atoms with E-state index in [0.717, 1.165) is 11.1 Å². The predicted octanol–water partition coefficient (Wildman–Crippen LogP) is 3.74. The molecule has 0 amide bonds. The largest absolute Gasteiger partial charge is 0.391 e. The van der Waals surface area contributed by atoms with E-state index in [4.69, 9.17) is 4.74 Å². The van der Waals surface area contributed by atoms with Gasteiger partial charge in [-0.15, -0.1) is 0 Å². The summed E-state index contributed by atoms with van der Waals surface area (Å²) in [5.41, 5.74) is 3.31. The van der Waals surface area contributed by atoms with Crippen LogP contribution in [0.4, 0.5) is 0 Å². The van der Waals surface area contributed by atoms with Crippen LogP contribution in [0.1, 0.15) is 6.92 Å². The van der Waals surface area contributed by atoms with Crippen molar-refractivity contribution < 1.29 is 9.53 Å². The van der Waals surface area contributed by atoms with E-state index in [1.54, 1.807) is 0 Å². The Morgan fingerprint density at radius 1 is 0.818 bits per heavy atom. The zero-order chi connectivity index (χ0) is 15.4. The van der Waals surface area contributed by atoms with Gasteiger partial charge in [0, 0.05) is 18.1 Å². The van der Waals surface area contributed by atoms with Gasteiger partial charge in [0.15, 0.2) is 0 Å². The summed E-state index contributed by atoms with van der Waals surface area (Å²) < 4.78 is 5.08. The number of ether oxygens (including phenoxy) is 1. The molecule has 4 nitrogen and oxygen atoms in total. The Hall–Kier alpha value is -3.01. The first-order valence-electron chi connectivity index (χ1n) is 6.91. The second-order valence-electron chi connectivity index (χ2n) is 4.75. The van der Waals surface area contributed by atoms with Crippen molar-refractivity contribution in [3.8, 4) is 28.5 Å². The van der Waals surface area contributed by atoms with Crippen LogP contribution in [0.2, 0.25) is 0 Å². The molecule has 3 rings (SSSR count). The Bertz CT molecular complexity index is 729. The summed E-state index contributed by atoms with van der Waals surface area (Å²) in [6, 6.07) is 21.4. The van der Waals surface area contributed by atoms with E-state index >= 15 is 0 Å². The highest BCUT2D eigenvalue weighted by molar-refractivity contribution is 5.71. The number of esters is 1. The van der Waals surface area contributed by atoms with E-state index in [1.165, 1.54) is 6.92 Å². The third-order valence-corrected chi connectivity index (χ3v) is 3.08. The fourth-order valence-electron chi connectivity index (χ4n) is 2.11. The fraction of sp³-hybridized carbons (Fsp3) is 0.0556. The van der Waals surface area contributed by atoms with Crippen molar-refractivity contribution >= 4 is 5.97 Å². The Labute approximate surface area is 128 Å². The Balaban J connectivity index is 2.12. The molecule has 1 aromatic heterocycles. The number of hydrogen-bond donors (Lipinski definition) is 0. The molecule has 0 unspecified atom stereocenters. The standard InChI is InChI=1S/C18H14N2O2/c1-13(21)22-18-19-16(14-8-4-2-5-9-14)12-17(20-18)15-10-6-3-7-11-15/h2-12H,1H3. The molecule has 4 heteroatoms. The molecule has 3 aromatic rings. The molecular formula is C18H14N2O2. The van der Waals surface area contributed by atoms with Crippen LogP contribution < -0.4 is 4.74 Å². The molecule has 108 valence electrons. The topological polar surface area (TPSA) is 52.1 Å². The van der Waals surface area contributed by atoms with Crippen LogP contribution >= 0.6 is 0 Å². The van der Waals surface area contributed by atoms with Gasteiger partial charge in [-0.1, -0.05) is 60.7 Å². The molecule has 0 bridgehead atoms. The Kier molecular flexibility index (Phi) is 3.92. The molecule has 2 aromatic carbocycles. The first kappa shape index (κ1) is 13.9. The Morgan fingerprint density at radius 3 is 1.68 bits per heavy atom. The maximum Gasteiger partial charge on any atom is 0.325 e. The second kappa shape index (κ2) is 6.18. The smallest absolute Gasteiger partial charge is 0.325 e. The minimum atomic E-state index is -0.441. The molecule has 0 radical (unpaired) electrons. The van der Waals surface area contributed by atoms with Crippen LogP contribution in [-0.4, -0.2) is 15.9 Å². The molecule has 22 heavy (non-hydrogen) atoms. The summed E-state index contributed by atoms with van der Waals surface area (Å²) in [6.45, 7) is 1.33. The van der Waals surface area contributed by atoms with Gasteiger partial charge in [-0.3, -0.25) is 4.79 Å². The van der Waals surface area contributed by atoms with Crippen molar-refractivity contribution in [3.05, 3.63) is 66.7 Å². The van der Waals surface area contributed by atoms with Crippen molar-refractivity contribution in [1.29, 1.82) is 0 Å². The SMILES string of the molecule is CC(=O)Oc1nc(-c2ccccc2)cc(-c2ccccc2)n1. The minimum absolute atomic E-state index is 0.0627. The van der Waals surface area contributed by atoms with Crippen LogP contribution in [0.3, 0.4) is 0 Å². The van der Waals surface area contributed by atoms with Crippen molar-refractivity contribution in [2.45, 2.75) is 6.92 Å². The lowest BCUT2D eigenvalue weighted by Crippen LogP contribution is -2.06. The van der Waals surface area contributed by atoms with E-state index in [-0.39, 0.29) is 6.01 Å². The van der Waals surface area contributed by atoms with E-state index in [9.17, 15) is 4.79 Å². The predicted molar refractivity (Wildman–Crippen MR) is 84.2 cm³/mol. The summed E-state index contributed by atoms with van der Waals surface area (Å²) in [7, 11) is 0. The number of benzene rings is 2. The highest BCUT2D eigenvalue weighted by Gasteiger charge is 2.10. The van der Waals surface area contributed by atoms with Gasteiger partial charge < -0.3 is 4.74 Å². The monoisotopic (exact) mass is 290 g/mol. The van der Waals surface area contributed by atoms with Crippen LogP contribution in [-0.2, 0) is 4.79 Å². The van der Waals surface area contributed by atoms with Gasteiger partial charge in [0.05, 0.1) is 11.4 Å². The van der Waals surface area contributed by atoms with Crippen molar-refractivity contribution in [2.24, 2.45) is 0 Å². The van der Waals surface area contributed by atoms with E-state index in [0.29, 0.717) is 11.4 Å². The van der Waals surface area contributed by atoms with Crippen LogP contribution in [0.15, 0.2) is 66.7 Å². The lowest BCUT2D eigenvalue weighted by atomic mass is 10.1. The summed E-state index contributed by atoms with van der Waals surface area (Å²) in [4.78, 5) is 19.8. The number of hydrogen-bond acceptors (Lipinski definition) is 4. The van der Waals surface area contributed by atoms with Gasteiger partial charge in [0.25, 0.3) is 0 Å². The fourth-order valence-corrected chi connectivity index (χ4v) is 2.11. The molecule has 0 saturated carbocycles. The molecule has 0 aliphatic rings. The molecule has 0 aliphatic carbocycles. The third kappa shape index (κ3) is 3.17. The molecule has 0 atom stereocenters. The molecule has 0 fully saturated rings. The molecular weight excluding hydrogens is 276 g/mol. The molecule has 0 saturated heterocycles. The van der Waals surface area contributed by atoms with Crippen molar-refractivity contribution in [1.82, 2.24) is 9.97 Å².